The van der Waals surface area contributed by atoms with Gasteiger partial charge in [0, 0.05) is 25.3 Å². The lowest BCUT2D eigenvalue weighted by molar-refractivity contribution is 0.182. The standard InChI is InChI=1S/C13H16FN3OS/c1-8-4-3-5-17(8)13-16-12-11(19-13)9(7-18-2)10(14)6-15-12/h6,8H,3-5,7H2,1-2H3/t8-/m0/s1. The number of methoxy groups -OCH3 is 1. The fourth-order valence-corrected chi connectivity index (χ4v) is 3.68. The van der Waals surface area contributed by atoms with Gasteiger partial charge >= 0.3 is 0 Å². The number of rotatable bonds is 3. The van der Waals surface area contributed by atoms with Crippen LogP contribution in [-0.2, 0) is 11.3 Å². The molecule has 2 aromatic rings. The van der Waals surface area contributed by atoms with E-state index in [1.807, 2.05) is 0 Å². The molecule has 0 N–H and O–H groups in total. The van der Waals surface area contributed by atoms with Crippen LogP contribution in [0.25, 0.3) is 10.3 Å². The molecular weight excluding hydrogens is 265 g/mol. The monoisotopic (exact) mass is 281 g/mol. The summed E-state index contributed by atoms with van der Waals surface area (Å²) in [6, 6.07) is 0.497. The van der Waals surface area contributed by atoms with E-state index in [2.05, 4.69) is 21.8 Å². The van der Waals surface area contributed by atoms with Gasteiger partial charge in [-0.1, -0.05) is 11.3 Å². The fourth-order valence-electron chi connectivity index (χ4n) is 2.51. The van der Waals surface area contributed by atoms with E-state index in [9.17, 15) is 4.39 Å². The molecule has 102 valence electrons. The number of anilines is 1. The van der Waals surface area contributed by atoms with Crippen molar-refractivity contribution in [3.63, 3.8) is 0 Å². The van der Waals surface area contributed by atoms with Crippen LogP contribution in [0.5, 0.6) is 0 Å². The van der Waals surface area contributed by atoms with Gasteiger partial charge in [0.1, 0.15) is 5.82 Å². The highest BCUT2D eigenvalue weighted by Gasteiger charge is 2.24. The minimum absolute atomic E-state index is 0.252. The quantitative estimate of drug-likeness (QED) is 0.867. The van der Waals surface area contributed by atoms with Crippen LogP contribution in [0.4, 0.5) is 9.52 Å². The molecule has 0 saturated carbocycles. The number of hydrogen-bond donors (Lipinski definition) is 0. The van der Waals surface area contributed by atoms with Crippen LogP contribution in [0, 0.1) is 5.82 Å². The van der Waals surface area contributed by atoms with Crippen molar-refractivity contribution in [2.45, 2.75) is 32.4 Å². The summed E-state index contributed by atoms with van der Waals surface area (Å²) in [5.74, 6) is -0.320. The number of halogens is 1. The predicted octanol–water partition coefficient (Wildman–Crippen LogP) is 2.97. The molecule has 3 rings (SSSR count). The van der Waals surface area contributed by atoms with Gasteiger partial charge < -0.3 is 9.64 Å². The zero-order valence-electron chi connectivity index (χ0n) is 11.0. The molecule has 0 amide bonds. The summed E-state index contributed by atoms with van der Waals surface area (Å²) in [6.45, 7) is 3.47. The molecule has 0 aliphatic carbocycles. The smallest absolute Gasteiger partial charge is 0.188 e. The molecule has 19 heavy (non-hydrogen) atoms. The molecule has 3 heterocycles. The number of aromatic nitrogens is 2. The first-order chi connectivity index (χ1) is 9.20. The second-order valence-electron chi connectivity index (χ2n) is 4.85. The molecule has 0 bridgehead atoms. The van der Waals surface area contributed by atoms with Crippen LogP contribution in [0.2, 0.25) is 0 Å². The van der Waals surface area contributed by atoms with Gasteiger partial charge in [-0.05, 0) is 19.8 Å². The summed E-state index contributed by atoms with van der Waals surface area (Å²) in [4.78, 5) is 10.9. The summed E-state index contributed by atoms with van der Waals surface area (Å²) >= 11 is 1.51. The molecule has 4 nitrogen and oxygen atoms in total. The Bertz CT molecular complexity index is 601. The number of fused-ring (bicyclic) bond motifs is 1. The Morgan fingerprint density at radius 3 is 3.11 bits per heavy atom. The highest BCUT2D eigenvalue weighted by atomic mass is 32.1. The van der Waals surface area contributed by atoms with Crippen molar-refractivity contribution in [2.24, 2.45) is 0 Å². The van der Waals surface area contributed by atoms with E-state index < -0.39 is 0 Å². The molecule has 1 atom stereocenters. The van der Waals surface area contributed by atoms with Gasteiger partial charge in [-0.2, -0.15) is 4.98 Å². The SMILES string of the molecule is COCc1c(F)cnc2nc(N3CCC[C@@H]3C)sc12. The van der Waals surface area contributed by atoms with Gasteiger partial charge in [-0.15, -0.1) is 0 Å². The van der Waals surface area contributed by atoms with Crippen LogP contribution in [0.3, 0.4) is 0 Å². The topological polar surface area (TPSA) is 38.3 Å². The number of nitrogens with zero attached hydrogens (tertiary/aromatic N) is 3. The number of ether oxygens (including phenoxy) is 1. The van der Waals surface area contributed by atoms with Gasteiger partial charge in [-0.3, -0.25) is 0 Å². The van der Waals surface area contributed by atoms with Crippen molar-refractivity contribution < 1.29 is 9.13 Å². The third-order valence-electron chi connectivity index (χ3n) is 3.55. The Kier molecular flexibility index (Phi) is 3.36. The molecule has 1 fully saturated rings. The van der Waals surface area contributed by atoms with Crippen LogP contribution in [0.15, 0.2) is 6.20 Å². The van der Waals surface area contributed by atoms with Crippen LogP contribution >= 0.6 is 11.3 Å². The minimum Gasteiger partial charge on any atom is -0.380 e. The largest absolute Gasteiger partial charge is 0.380 e. The third kappa shape index (κ3) is 2.19. The van der Waals surface area contributed by atoms with Crippen molar-refractivity contribution in [3.05, 3.63) is 17.6 Å². The third-order valence-corrected chi connectivity index (χ3v) is 4.69. The van der Waals surface area contributed by atoms with Crippen molar-refractivity contribution in [2.75, 3.05) is 18.6 Å². The van der Waals surface area contributed by atoms with Crippen molar-refractivity contribution in [1.29, 1.82) is 0 Å². The van der Waals surface area contributed by atoms with Gasteiger partial charge in [-0.25, -0.2) is 9.37 Å². The van der Waals surface area contributed by atoms with E-state index in [4.69, 9.17) is 4.74 Å². The second-order valence-corrected chi connectivity index (χ2v) is 5.83. The average Bonchev–Trinajstić information content (AvgIpc) is 2.98. The van der Waals surface area contributed by atoms with Gasteiger partial charge in [0.05, 0.1) is 17.5 Å². The number of thiazole rings is 1. The van der Waals surface area contributed by atoms with E-state index in [0.717, 1.165) is 16.4 Å². The first kappa shape index (κ1) is 12.7. The molecule has 2 aromatic heterocycles. The lowest BCUT2D eigenvalue weighted by Gasteiger charge is -2.19. The summed E-state index contributed by atoms with van der Waals surface area (Å²) < 4.78 is 19.7. The first-order valence-corrected chi connectivity index (χ1v) is 7.22. The van der Waals surface area contributed by atoms with E-state index >= 15 is 0 Å². The van der Waals surface area contributed by atoms with Gasteiger partial charge in [0.15, 0.2) is 10.8 Å². The highest BCUT2D eigenvalue weighted by molar-refractivity contribution is 7.22. The molecular formula is C13H16FN3OS. The maximum absolute atomic E-state index is 13.8. The molecule has 0 radical (unpaired) electrons. The predicted molar refractivity (Wildman–Crippen MR) is 74.1 cm³/mol. The maximum atomic E-state index is 13.8. The Balaban J connectivity index is 2.07. The van der Waals surface area contributed by atoms with Crippen LogP contribution in [-0.4, -0.2) is 29.7 Å². The van der Waals surface area contributed by atoms with Crippen LogP contribution in [0.1, 0.15) is 25.3 Å². The maximum Gasteiger partial charge on any atom is 0.188 e. The lowest BCUT2D eigenvalue weighted by Crippen LogP contribution is -2.25. The van der Waals surface area contributed by atoms with Gasteiger partial charge in [0.2, 0.25) is 0 Å². The Morgan fingerprint density at radius 1 is 1.58 bits per heavy atom. The van der Waals surface area contributed by atoms with Gasteiger partial charge in [0.25, 0.3) is 0 Å². The van der Waals surface area contributed by atoms with Crippen molar-refractivity contribution in [3.8, 4) is 0 Å². The summed E-state index contributed by atoms with van der Waals surface area (Å²) in [5.41, 5.74) is 1.18. The lowest BCUT2D eigenvalue weighted by atomic mass is 10.2. The Labute approximate surface area is 115 Å². The highest BCUT2D eigenvalue weighted by Crippen LogP contribution is 2.34. The number of hydrogen-bond acceptors (Lipinski definition) is 5. The zero-order chi connectivity index (χ0) is 13.4. The molecule has 1 saturated heterocycles. The normalized spacial score (nSPS) is 19.5. The summed E-state index contributed by atoms with van der Waals surface area (Å²) in [7, 11) is 1.57. The Hall–Kier alpha value is -1.27. The molecule has 0 unspecified atom stereocenters. The molecule has 1 aliphatic rings. The average molecular weight is 281 g/mol. The second kappa shape index (κ2) is 5.02. The van der Waals surface area contributed by atoms with Crippen molar-refractivity contribution >= 4 is 26.8 Å². The fraction of sp³-hybridized carbons (Fsp3) is 0.538. The van der Waals surface area contributed by atoms with E-state index in [1.54, 1.807) is 7.11 Å². The first-order valence-electron chi connectivity index (χ1n) is 6.40. The molecule has 1 aliphatic heterocycles. The van der Waals surface area contributed by atoms with E-state index in [0.29, 0.717) is 17.3 Å². The van der Waals surface area contributed by atoms with Crippen LogP contribution < -0.4 is 4.90 Å². The van der Waals surface area contributed by atoms with E-state index in [-0.39, 0.29) is 12.4 Å². The molecule has 0 spiro atoms. The minimum atomic E-state index is -0.320. The van der Waals surface area contributed by atoms with E-state index in [1.165, 1.54) is 30.4 Å². The molecule has 0 aromatic carbocycles. The zero-order valence-corrected chi connectivity index (χ0v) is 11.8. The summed E-state index contributed by atoms with van der Waals surface area (Å²) in [6.07, 6.45) is 3.60. The number of pyridine rings is 1. The van der Waals surface area contributed by atoms with Crippen molar-refractivity contribution in [1.82, 2.24) is 9.97 Å². The molecule has 6 heteroatoms. The Morgan fingerprint density at radius 2 is 2.42 bits per heavy atom. The summed E-state index contributed by atoms with van der Waals surface area (Å²) in [5, 5.41) is 0.940.